The van der Waals surface area contributed by atoms with Gasteiger partial charge in [-0.2, -0.15) is 0 Å². The second kappa shape index (κ2) is 8.06. The quantitative estimate of drug-likeness (QED) is 0.844. The lowest BCUT2D eigenvalue weighted by molar-refractivity contribution is 0.0948. The fraction of sp³-hybridized carbons (Fsp3) is 0.643. The number of ether oxygens (including phenoxy) is 1. The standard InChI is InChI=1S/C7H9NO.C7H15NO/c1-6-3-4-8-7(5-6)9-2;1-8-6-4-2-3-5-7(6)9/h3-5H,1-2H3;6-9H,2-5H2,1H3. The van der Waals surface area contributed by atoms with Gasteiger partial charge in [0, 0.05) is 18.3 Å². The van der Waals surface area contributed by atoms with Crippen LogP contribution in [0.5, 0.6) is 5.88 Å². The molecule has 1 aromatic rings. The molecule has 0 bridgehead atoms. The number of aliphatic hydroxyl groups excluding tert-OH is 1. The van der Waals surface area contributed by atoms with Gasteiger partial charge in [0.2, 0.25) is 5.88 Å². The largest absolute Gasteiger partial charge is 0.481 e. The van der Waals surface area contributed by atoms with Crippen molar-refractivity contribution in [2.45, 2.75) is 44.8 Å². The van der Waals surface area contributed by atoms with Crippen LogP contribution in [-0.2, 0) is 0 Å². The minimum Gasteiger partial charge on any atom is -0.481 e. The summed E-state index contributed by atoms with van der Waals surface area (Å²) in [7, 11) is 3.53. The molecule has 102 valence electrons. The highest BCUT2D eigenvalue weighted by molar-refractivity contribution is 5.18. The van der Waals surface area contributed by atoms with E-state index in [-0.39, 0.29) is 6.10 Å². The molecule has 1 heterocycles. The summed E-state index contributed by atoms with van der Waals surface area (Å²) in [6, 6.07) is 4.18. The number of nitrogens with zero attached hydrogens (tertiary/aromatic N) is 1. The van der Waals surface area contributed by atoms with Gasteiger partial charge in [-0.25, -0.2) is 4.98 Å². The van der Waals surface area contributed by atoms with E-state index in [9.17, 15) is 5.11 Å². The first-order valence-electron chi connectivity index (χ1n) is 6.49. The number of aromatic nitrogens is 1. The van der Waals surface area contributed by atoms with Gasteiger partial charge in [0.25, 0.3) is 0 Å². The van der Waals surface area contributed by atoms with E-state index in [2.05, 4.69) is 10.3 Å². The Morgan fingerprint density at radius 1 is 1.39 bits per heavy atom. The number of nitrogens with one attached hydrogen (secondary N) is 1. The summed E-state index contributed by atoms with van der Waals surface area (Å²) in [6.07, 6.45) is 6.21. The summed E-state index contributed by atoms with van der Waals surface area (Å²) in [6.45, 7) is 2.00. The predicted molar refractivity (Wildman–Crippen MR) is 72.8 cm³/mol. The molecule has 0 aliphatic heterocycles. The van der Waals surface area contributed by atoms with Crippen molar-refractivity contribution < 1.29 is 9.84 Å². The molecule has 0 saturated heterocycles. The zero-order chi connectivity index (χ0) is 13.4. The third kappa shape index (κ3) is 5.02. The molecule has 0 spiro atoms. The Morgan fingerprint density at radius 2 is 2.11 bits per heavy atom. The normalized spacial score (nSPS) is 22.9. The summed E-state index contributed by atoms with van der Waals surface area (Å²) in [4.78, 5) is 3.94. The first kappa shape index (κ1) is 14.9. The lowest BCUT2D eigenvalue weighted by atomic mass is 9.93. The van der Waals surface area contributed by atoms with Crippen LogP contribution in [0.4, 0.5) is 0 Å². The van der Waals surface area contributed by atoms with E-state index >= 15 is 0 Å². The molecule has 1 aliphatic carbocycles. The lowest BCUT2D eigenvalue weighted by Gasteiger charge is -2.26. The first-order chi connectivity index (χ1) is 8.67. The molecular formula is C14H24N2O2. The molecular weight excluding hydrogens is 228 g/mol. The number of aryl methyl sites for hydroxylation is 1. The summed E-state index contributed by atoms with van der Waals surface area (Å²) in [5.41, 5.74) is 1.17. The molecule has 2 N–H and O–H groups in total. The molecule has 1 aliphatic rings. The van der Waals surface area contributed by atoms with Crippen LogP contribution in [0.3, 0.4) is 0 Å². The van der Waals surface area contributed by atoms with E-state index in [1.165, 1.54) is 18.4 Å². The van der Waals surface area contributed by atoms with Gasteiger partial charge >= 0.3 is 0 Å². The Balaban J connectivity index is 0.000000180. The fourth-order valence-electron chi connectivity index (χ4n) is 2.07. The molecule has 1 aromatic heterocycles. The van der Waals surface area contributed by atoms with Crippen molar-refractivity contribution >= 4 is 0 Å². The van der Waals surface area contributed by atoms with E-state index < -0.39 is 0 Å². The van der Waals surface area contributed by atoms with Crippen molar-refractivity contribution in [3.8, 4) is 5.88 Å². The van der Waals surface area contributed by atoms with Gasteiger partial charge < -0.3 is 15.2 Å². The number of hydrogen-bond donors (Lipinski definition) is 2. The van der Waals surface area contributed by atoms with Gasteiger partial charge in [0.15, 0.2) is 0 Å². The Bertz CT molecular complexity index is 344. The molecule has 1 saturated carbocycles. The van der Waals surface area contributed by atoms with E-state index in [1.807, 2.05) is 26.1 Å². The van der Waals surface area contributed by atoms with Gasteiger partial charge in [0.1, 0.15) is 0 Å². The van der Waals surface area contributed by atoms with E-state index in [0.29, 0.717) is 11.9 Å². The average molecular weight is 252 g/mol. The van der Waals surface area contributed by atoms with Gasteiger partial charge in [-0.15, -0.1) is 0 Å². The third-order valence-corrected chi connectivity index (χ3v) is 3.20. The molecule has 1 fully saturated rings. The topological polar surface area (TPSA) is 54.4 Å². The van der Waals surface area contributed by atoms with E-state index in [4.69, 9.17) is 4.74 Å². The van der Waals surface area contributed by atoms with Crippen LogP contribution in [0.25, 0.3) is 0 Å². The Hall–Kier alpha value is -1.13. The zero-order valence-corrected chi connectivity index (χ0v) is 11.5. The molecule has 0 amide bonds. The molecule has 4 nitrogen and oxygen atoms in total. The second-order valence-corrected chi connectivity index (χ2v) is 4.62. The molecule has 2 unspecified atom stereocenters. The number of likely N-dealkylation sites (N-methyl/N-ethyl adjacent to an activating group) is 1. The fourth-order valence-corrected chi connectivity index (χ4v) is 2.07. The summed E-state index contributed by atoms with van der Waals surface area (Å²) < 4.78 is 4.88. The van der Waals surface area contributed by atoms with Gasteiger partial charge in [-0.05, 0) is 38.4 Å². The number of methoxy groups -OCH3 is 1. The highest BCUT2D eigenvalue weighted by atomic mass is 16.5. The smallest absolute Gasteiger partial charge is 0.213 e. The van der Waals surface area contributed by atoms with Crippen molar-refractivity contribution in [2.24, 2.45) is 0 Å². The monoisotopic (exact) mass is 252 g/mol. The Morgan fingerprint density at radius 3 is 2.56 bits per heavy atom. The first-order valence-corrected chi connectivity index (χ1v) is 6.49. The van der Waals surface area contributed by atoms with E-state index in [1.54, 1.807) is 13.3 Å². The summed E-state index contributed by atoms with van der Waals surface area (Å²) >= 11 is 0. The molecule has 2 atom stereocenters. The second-order valence-electron chi connectivity index (χ2n) is 4.62. The van der Waals surface area contributed by atoms with Crippen molar-refractivity contribution in [1.82, 2.24) is 10.3 Å². The number of pyridine rings is 1. The zero-order valence-electron chi connectivity index (χ0n) is 11.5. The number of aliphatic hydroxyl groups is 1. The highest BCUT2D eigenvalue weighted by Crippen LogP contribution is 2.17. The van der Waals surface area contributed by atoms with Crippen LogP contribution < -0.4 is 10.1 Å². The predicted octanol–water partition coefficient (Wildman–Crippen LogP) is 1.91. The Labute approximate surface area is 109 Å². The minimum atomic E-state index is -0.0938. The van der Waals surface area contributed by atoms with Crippen LogP contribution in [-0.4, -0.2) is 36.4 Å². The van der Waals surface area contributed by atoms with Gasteiger partial charge in [-0.3, -0.25) is 0 Å². The van der Waals surface area contributed by atoms with Crippen molar-refractivity contribution in [3.63, 3.8) is 0 Å². The van der Waals surface area contributed by atoms with Crippen LogP contribution in [0.1, 0.15) is 31.2 Å². The minimum absolute atomic E-state index is 0.0938. The molecule has 0 radical (unpaired) electrons. The van der Waals surface area contributed by atoms with Gasteiger partial charge in [0.05, 0.1) is 13.2 Å². The maximum Gasteiger partial charge on any atom is 0.213 e. The highest BCUT2D eigenvalue weighted by Gasteiger charge is 2.20. The van der Waals surface area contributed by atoms with Crippen LogP contribution in [0.2, 0.25) is 0 Å². The van der Waals surface area contributed by atoms with Crippen molar-refractivity contribution in [3.05, 3.63) is 23.9 Å². The summed E-state index contributed by atoms with van der Waals surface area (Å²) in [5, 5.41) is 12.4. The lowest BCUT2D eigenvalue weighted by Crippen LogP contribution is -2.39. The van der Waals surface area contributed by atoms with Gasteiger partial charge in [-0.1, -0.05) is 12.8 Å². The average Bonchev–Trinajstić information content (AvgIpc) is 2.40. The molecule has 0 aromatic carbocycles. The molecule has 18 heavy (non-hydrogen) atoms. The van der Waals surface area contributed by atoms with Crippen LogP contribution >= 0.6 is 0 Å². The maximum atomic E-state index is 9.31. The van der Waals surface area contributed by atoms with Crippen molar-refractivity contribution in [2.75, 3.05) is 14.2 Å². The number of hydrogen-bond acceptors (Lipinski definition) is 4. The van der Waals surface area contributed by atoms with E-state index in [0.717, 1.165) is 12.8 Å². The third-order valence-electron chi connectivity index (χ3n) is 3.20. The summed E-state index contributed by atoms with van der Waals surface area (Å²) in [5.74, 6) is 0.676. The molecule has 4 heteroatoms. The Kier molecular flexibility index (Phi) is 6.68. The number of rotatable bonds is 2. The van der Waals surface area contributed by atoms with Crippen molar-refractivity contribution in [1.29, 1.82) is 0 Å². The van der Waals surface area contributed by atoms with Crippen LogP contribution in [0.15, 0.2) is 18.3 Å². The maximum absolute atomic E-state index is 9.31. The van der Waals surface area contributed by atoms with Crippen LogP contribution in [0, 0.1) is 6.92 Å². The SMILES string of the molecule is CNC1CCCCC1O.COc1cc(C)ccn1. The molecule has 2 rings (SSSR count).